The zero-order valence-electron chi connectivity index (χ0n) is 14.9. The lowest BCUT2D eigenvalue weighted by Gasteiger charge is -2.38. The summed E-state index contributed by atoms with van der Waals surface area (Å²) in [6.07, 6.45) is -10.9. The number of benzene rings is 2. The van der Waals surface area contributed by atoms with Crippen LogP contribution in [0, 0.1) is 5.92 Å². The van der Waals surface area contributed by atoms with Crippen LogP contribution in [0.3, 0.4) is 0 Å². The van der Waals surface area contributed by atoms with Crippen LogP contribution in [0.1, 0.15) is 25.8 Å². The molecule has 0 saturated heterocycles. The van der Waals surface area contributed by atoms with Gasteiger partial charge in [-0.25, -0.2) is 0 Å². The van der Waals surface area contributed by atoms with Crippen molar-refractivity contribution in [2.45, 2.75) is 38.2 Å². The van der Waals surface area contributed by atoms with Gasteiger partial charge < -0.3 is 4.74 Å². The predicted octanol–water partition coefficient (Wildman–Crippen LogP) is 6.74. The molecule has 7 heteroatoms. The summed E-state index contributed by atoms with van der Waals surface area (Å²) in [5.41, 5.74) is -4.14. The second-order valence-corrected chi connectivity index (χ2v) is 6.44. The predicted molar refractivity (Wildman–Crippen MR) is 91.1 cm³/mol. The maximum Gasteiger partial charge on any atom is 0.430 e. The summed E-state index contributed by atoms with van der Waals surface area (Å²) in [4.78, 5) is 0. The maximum atomic E-state index is 13.7. The lowest BCUT2D eigenvalue weighted by Crippen LogP contribution is -2.56. The largest absolute Gasteiger partial charge is 0.430 e. The van der Waals surface area contributed by atoms with Crippen LogP contribution in [-0.2, 0) is 10.3 Å². The van der Waals surface area contributed by atoms with E-state index in [1.54, 1.807) is 37.3 Å². The molecule has 0 aliphatic rings. The van der Waals surface area contributed by atoms with E-state index in [1.807, 2.05) is 0 Å². The molecule has 0 N–H and O–H groups in total. The SMILES string of the molecule is CCC(C)COC(c1ccc(-c2ccccc2)cc1)(C(F)(F)F)C(F)(F)F. The molecule has 148 valence electrons. The first-order valence-electron chi connectivity index (χ1n) is 8.46. The van der Waals surface area contributed by atoms with E-state index in [9.17, 15) is 26.3 Å². The second kappa shape index (κ2) is 7.92. The Labute approximate surface area is 154 Å². The minimum Gasteiger partial charge on any atom is -0.354 e. The smallest absolute Gasteiger partial charge is 0.354 e. The minimum absolute atomic E-state index is 0.402. The molecule has 0 amide bonds. The fourth-order valence-corrected chi connectivity index (χ4v) is 2.65. The van der Waals surface area contributed by atoms with E-state index in [0.29, 0.717) is 17.5 Å². The van der Waals surface area contributed by atoms with Crippen LogP contribution in [0.25, 0.3) is 11.1 Å². The molecule has 0 saturated carbocycles. The van der Waals surface area contributed by atoms with Gasteiger partial charge in [0.25, 0.3) is 5.60 Å². The Bertz CT molecular complexity index is 705. The molecule has 2 aromatic rings. The molecule has 0 aliphatic heterocycles. The first kappa shape index (κ1) is 21.3. The number of ether oxygens (including phenoxy) is 1. The van der Waals surface area contributed by atoms with Gasteiger partial charge in [-0.1, -0.05) is 74.9 Å². The van der Waals surface area contributed by atoms with Crippen molar-refractivity contribution in [1.82, 2.24) is 0 Å². The van der Waals surface area contributed by atoms with Crippen LogP contribution >= 0.6 is 0 Å². The van der Waals surface area contributed by atoms with Gasteiger partial charge in [-0.15, -0.1) is 0 Å². The fraction of sp³-hybridized carbons (Fsp3) is 0.400. The van der Waals surface area contributed by atoms with Crippen LogP contribution in [-0.4, -0.2) is 19.0 Å². The Morgan fingerprint density at radius 1 is 0.778 bits per heavy atom. The highest BCUT2D eigenvalue weighted by Crippen LogP contribution is 2.53. The number of rotatable bonds is 6. The first-order chi connectivity index (χ1) is 12.5. The third-order valence-corrected chi connectivity index (χ3v) is 4.48. The summed E-state index contributed by atoms with van der Waals surface area (Å²) in [6, 6.07) is 12.8. The maximum absolute atomic E-state index is 13.7. The van der Waals surface area contributed by atoms with Crippen LogP contribution < -0.4 is 0 Å². The quantitative estimate of drug-likeness (QED) is 0.497. The highest BCUT2D eigenvalue weighted by molar-refractivity contribution is 5.63. The van der Waals surface area contributed by atoms with Crippen LogP contribution in [0.2, 0.25) is 0 Å². The number of alkyl halides is 6. The summed E-state index contributed by atoms with van der Waals surface area (Å²) in [5, 5.41) is 0. The van der Waals surface area contributed by atoms with Crippen LogP contribution in [0.4, 0.5) is 26.3 Å². The highest BCUT2D eigenvalue weighted by Gasteiger charge is 2.73. The molecule has 2 rings (SSSR count). The molecule has 27 heavy (non-hydrogen) atoms. The molecule has 0 fully saturated rings. The van der Waals surface area contributed by atoms with Gasteiger partial charge in [-0.05, 0) is 17.0 Å². The zero-order chi connectivity index (χ0) is 20.3. The van der Waals surface area contributed by atoms with Gasteiger partial charge in [0.1, 0.15) is 0 Å². The van der Waals surface area contributed by atoms with Crippen molar-refractivity contribution in [3.05, 3.63) is 60.2 Å². The number of hydrogen-bond donors (Lipinski definition) is 0. The summed E-state index contributed by atoms with van der Waals surface area (Å²) in [7, 11) is 0. The van der Waals surface area contributed by atoms with E-state index < -0.39 is 36.0 Å². The fourth-order valence-electron chi connectivity index (χ4n) is 2.65. The Balaban J connectivity index is 2.52. The molecule has 0 radical (unpaired) electrons. The molecule has 1 unspecified atom stereocenters. The molecule has 0 heterocycles. The van der Waals surface area contributed by atoms with Crippen molar-refractivity contribution in [1.29, 1.82) is 0 Å². The van der Waals surface area contributed by atoms with E-state index >= 15 is 0 Å². The Morgan fingerprint density at radius 2 is 1.26 bits per heavy atom. The average molecular weight is 390 g/mol. The average Bonchev–Trinajstić information content (AvgIpc) is 2.61. The Morgan fingerprint density at radius 3 is 1.70 bits per heavy atom. The van der Waals surface area contributed by atoms with E-state index in [4.69, 9.17) is 0 Å². The van der Waals surface area contributed by atoms with Crippen LogP contribution in [0.15, 0.2) is 54.6 Å². The summed E-state index contributed by atoms with van der Waals surface area (Å²) < 4.78 is 86.7. The highest BCUT2D eigenvalue weighted by atomic mass is 19.4. The monoisotopic (exact) mass is 390 g/mol. The Kier molecular flexibility index (Phi) is 6.24. The second-order valence-electron chi connectivity index (χ2n) is 6.44. The normalized spacial score (nSPS) is 14.2. The summed E-state index contributed by atoms with van der Waals surface area (Å²) in [6.45, 7) is 2.55. The van der Waals surface area contributed by atoms with E-state index in [2.05, 4.69) is 4.74 Å². The van der Waals surface area contributed by atoms with Gasteiger partial charge in [0.15, 0.2) is 0 Å². The van der Waals surface area contributed by atoms with Gasteiger partial charge >= 0.3 is 12.4 Å². The van der Waals surface area contributed by atoms with Gasteiger partial charge in [0, 0.05) is 5.56 Å². The zero-order valence-corrected chi connectivity index (χ0v) is 14.9. The van der Waals surface area contributed by atoms with Crippen molar-refractivity contribution in [2.24, 2.45) is 5.92 Å². The summed E-state index contributed by atoms with van der Waals surface area (Å²) in [5.74, 6) is -0.447. The van der Waals surface area contributed by atoms with Gasteiger partial charge in [-0.2, -0.15) is 26.3 Å². The summed E-state index contributed by atoms with van der Waals surface area (Å²) >= 11 is 0. The van der Waals surface area contributed by atoms with Crippen molar-refractivity contribution in [2.75, 3.05) is 6.61 Å². The molecule has 1 atom stereocenters. The third-order valence-electron chi connectivity index (χ3n) is 4.48. The number of halogens is 6. The van der Waals surface area contributed by atoms with E-state index in [0.717, 1.165) is 12.1 Å². The number of hydrogen-bond acceptors (Lipinski definition) is 1. The van der Waals surface area contributed by atoms with Gasteiger partial charge in [-0.3, -0.25) is 0 Å². The molecular formula is C20H20F6O. The standard InChI is InChI=1S/C20H20F6O/c1-3-14(2)13-27-18(19(21,22)23,20(24,25)26)17-11-9-16(10-12-17)15-7-5-4-6-8-15/h4-12,14H,3,13H2,1-2H3. The lowest BCUT2D eigenvalue weighted by atomic mass is 9.90. The van der Waals surface area contributed by atoms with E-state index in [1.165, 1.54) is 19.1 Å². The first-order valence-corrected chi connectivity index (χ1v) is 8.46. The van der Waals surface area contributed by atoms with Gasteiger partial charge in [0.2, 0.25) is 0 Å². The molecule has 1 nitrogen and oxygen atoms in total. The van der Waals surface area contributed by atoms with Crippen molar-refractivity contribution < 1.29 is 31.1 Å². The molecule has 0 bridgehead atoms. The topological polar surface area (TPSA) is 9.23 Å². The molecule has 2 aromatic carbocycles. The van der Waals surface area contributed by atoms with Crippen molar-refractivity contribution >= 4 is 0 Å². The lowest BCUT2D eigenvalue weighted by molar-refractivity contribution is -0.391. The van der Waals surface area contributed by atoms with Gasteiger partial charge in [0.05, 0.1) is 6.61 Å². The Hall–Kier alpha value is -2.02. The molecule has 0 aromatic heterocycles. The molecule has 0 aliphatic carbocycles. The van der Waals surface area contributed by atoms with Crippen molar-refractivity contribution in [3.63, 3.8) is 0 Å². The van der Waals surface area contributed by atoms with Crippen LogP contribution in [0.5, 0.6) is 0 Å². The van der Waals surface area contributed by atoms with E-state index in [-0.39, 0.29) is 0 Å². The molecular weight excluding hydrogens is 370 g/mol. The third kappa shape index (κ3) is 4.29. The van der Waals surface area contributed by atoms with Crippen molar-refractivity contribution in [3.8, 4) is 11.1 Å². The minimum atomic E-state index is -5.66. The molecule has 0 spiro atoms.